The minimum atomic E-state index is -0.0405. The highest BCUT2D eigenvalue weighted by molar-refractivity contribution is 7.99. The van der Waals surface area contributed by atoms with Gasteiger partial charge in [0.2, 0.25) is 5.89 Å². The molecule has 1 saturated heterocycles. The van der Waals surface area contributed by atoms with Crippen LogP contribution in [0.25, 0.3) is 0 Å². The normalized spacial score (nSPS) is 21.0. The Morgan fingerprint density at radius 3 is 2.89 bits per heavy atom. The van der Waals surface area contributed by atoms with E-state index in [0.717, 1.165) is 30.6 Å². The first-order chi connectivity index (χ1) is 9.00. The van der Waals surface area contributed by atoms with Crippen molar-refractivity contribution in [3.63, 3.8) is 0 Å². The van der Waals surface area contributed by atoms with Gasteiger partial charge >= 0.3 is 0 Å². The van der Waals surface area contributed by atoms with Gasteiger partial charge in [0.15, 0.2) is 5.82 Å². The lowest BCUT2D eigenvalue weighted by Crippen LogP contribution is -2.40. The molecular weight excluding hydrogens is 258 g/mol. The zero-order chi connectivity index (χ0) is 13.9. The molecule has 1 N–H and O–H groups in total. The molecule has 1 aliphatic rings. The minimum absolute atomic E-state index is 0.0405. The van der Waals surface area contributed by atoms with Crippen LogP contribution in [0.2, 0.25) is 0 Å². The van der Waals surface area contributed by atoms with Crippen LogP contribution in [0.3, 0.4) is 0 Å². The summed E-state index contributed by atoms with van der Waals surface area (Å²) in [6, 6.07) is 0. The molecule has 0 radical (unpaired) electrons. The first-order valence-electron chi connectivity index (χ1n) is 7.15. The molecule has 1 atom stereocenters. The Kier molecular flexibility index (Phi) is 4.90. The largest absolute Gasteiger partial charge is 0.339 e. The zero-order valence-corrected chi connectivity index (χ0v) is 13.2. The second-order valence-corrected chi connectivity index (χ2v) is 7.71. The number of rotatable bonds is 5. The van der Waals surface area contributed by atoms with Gasteiger partial charge in [-0.25, -0.2) is 0 Å². The van der Waals surface area contributed by atoms with Gasteiger partial charge in [-0.15, -0.1) is 0 Å². The molecule has 0 aliphatic carbocycles. The second-order valence-electron chi connectivity index (χ2n) is 6.14. The highest BCUT2D eigenvalue weighted by atomic mass is 32.2. The van der Waals surface area contributed by atoms with E-state index in [2.05, 4.69) is 43.2 Å². The van der Waals surface area contributed by atoms with E-state index < -0.39 is 0 Å². The van der Waals surface area contributed by atoms with Crippen LogP contribution in [0, 0.1) is 5.92 Å². The third-order valence-electron chi connectivity index (χ3n) is 3.88. The molecule has 1 aromatic heterocycles. The first-order valence-corrected chi connectivity index (χ1v) is 8.20. The predicted molar refractivity (Wildman–Crippen MR) is 79.3 cm³/mol. The second kappa shape index (κ2) is 6.27. The lowest BCUT2D eigenvalue weighted by molar-refractivity contribution is 0.196. The number of hydrogen-bond donors (Lipinski definition) is 1. The molecule has 108 valence electrons. The summed E-state index contributed by atoms with van der Waals surface area (Å²) in [5.74, 6) is 3.03. The number of thioether (sulfide) groups is 1. The number of piperidine rings is 1. The van der Waals surface area contributed by atoms with Gasteiger partial charge in [-0.05, 0) is 37.1 Å². The summed E-state index contributed by atoms with van der Waals surface area (Å²) in [6.45, 7) is 11.0. The molecule has 0 spiro atoms. The molecule has 2 heterocycles. The fraction of sp³-hybridized carbons (Fsp3) is 0.857. The molecule has 0 saturated carbocycles. The maximum atomic E-state index is 5.51. The summed E-state index contributed by atoms with van der Waals surface area (Å²) in [5.41, 5.74) is -0.0405. The number of hydrogen-bond acceptors (Lipinski definition) is 5. The molecule has 0 aromatic carbocycles. The Labute approximate surface area is 120 Å². The maximum absolute atomic E-state index is 5.51. The van der Waals surface area contributed by atoms with Crippen molar-refractivity contribution in [3.8, 4) is 0 Å². The molecular formula is C14H25N3OS. The highest BCUT2D eigenvalue weighted by Gasteiger charge is 2.37. The Morgan fingerprint density at radius 1 is 1.47 bits per heavy atom. The van der Waals surface area contributed by atoms with Crippen LogP contribution < -0.4 is 5.32 Å². The van der Waals surface area contributed by atoms with Crippen LogP contribution in [0.1, 0.15) is 52.3 Å². The van der Waals surface area contributed by atoms with E-state index in [1.54, 1.807) is 0 Å². The Hall–Kier alpha value is -0.550. The van der Waals surface area contributed by atoms with Crippen molar-refractivity contribution in [2.45, 2.75) is 57.0 Å². The van der Waals surface area contributed by atoms with Crippen molar-refractivity contribution in [1.29, 1.82) is 0 Å². The van der Waals surface area contributed by atoms with Gasteiger partial charge in [0.25, 0.3) is 0 Å². The molecule has 1 aromatic rings. The van der Waals surface area contributed by atoms with Crippen molar-refractivity contribution in [2.75, 3.05) is 13.1 Å². The predicted octanol–water partition coefficient (Wildman–Crippen LogP) is 2.99. The van der Waals surface area contributed by atoms with Crippen LogP contribution in [0.4, 0.5) is 0 Å². The molecule has 5 heteroatoms. The van der Waals surface area contributed by atoms with Gasteiger partial charge < -0.3 is 9.84 Å². The van der Waals surface area contributed by atoms with E-state index in [4.69, 9.17) is 4.52 Å². The molecule has 1 fully saturated rings. The third kappa shape index (κ3) is 3.72. The van der Waals surface area contributed by atoms with E-state index in [0.29, 0.717) is 11.2 Å². The molecule has 19 heavy (non-hydrogen) atoms. The molecule has 0 amide bonds. The SMILES string of the molecule is CC(C)SCc1noc(C(C)(C)C2CCCNC2)n1. The van der Waals surface area contributed by atoms with Crippen molar-refractivity contribution in [1.82, 2.24) is 15.5 Å². The number of nitrogens with zero attached hydrogens (tertiary/aromatic N) is 2. The van der Waals surface area contributed by atoms with E-state index in [9.17, 15) is 0 Å². The van der Waals surface area contributed by atoms with Crippen LogP contribution >= 0.6 is 11.8 Å². The zero-order valence-electron chi connectivity index (χ0n) is 12.4. The van der Waals surface area contributed by atoms with Gasteiger partial charge in [0.05, 0.1) is 5.75 Å². The van der Waals surface area contributed by atoms with Crippen LogP contribution in [-0.4, -0.2) is 28.5 Å². The summed E-state index contributed by atoms with van der Waals surface area (Å²) in [5, 5.41) is 8.18. The summed E-state index contributed by atoms with van der Waals surface area (Å²) < 4.78 is 5.51. The summed E-state index contributed by atoms with van der Waals surface area (Å²) in [4.78, 5) is 4.60. The van der Waals surface area contributed by atoms with Crippen molar-refractivity contribution < 1.29 is 4.52 Å². The quantitative estimate of drug-likeness (QED) is 0.900. The van der Waals surface area contributed by atoms with Gasteiger partial charge in [0.1, 0.15) is 0 Å². The topological polar surface area (TPSA) is 51.0 Å². The van der Waals surface area contributed by atoms with Crippen molar-refractivity contribution in [3.05, 3.63) is 11.7 Å². The standard InChI is InChI=1S/C14H25N3OS/c1-10(2)19-9-12-16-13(18-17-12)14(3,4)11-6-5-7-15-8-11/h10-11,15H,5-9H2,1-4H3. The Morgan fingerprint density at radius 2 is 2.26 bits per heavy atom. The molecule has 1 aliphatic heterocycles. The number of aromatic nitrogens is 2. The van der Waals surface area contributed by atoms with E-state index in [1.165, 1.54) is 12.8 Å². The van der Waals surface area contributed by atoms with Gasteiger partial charge in [-0.1, -0.05) is 32.9 Å². The van der Waals surface area contributed by atoms with Crippen LogP contribution in [-0.2, 0) is 11.2 Å². The van der Waals surface area contributed by atoms with Crippen molar-refractivity contribution in [2.24, 2.45) is 5.92 Å². The molecule has 0 bridgehead atoms. The maximum Gasteiger partial charge on any atom is 0.232 e. The molecule has 1 unspecified atom stereocenters. The Balaban J connectivity index is 2.03. The third-order valence-corrected chi connectivity index (χ3v) is 4.97. The van der Waals surface area contributed by atoms with E-state index in [-0.39, 0.29) is 5.41 Å². The van der Waals surface area contributed by atoms with Crippen molar-refractivity contribution >= 4 is 11.8 Å². The average molecular weight is 283 g/mol. The fourth-order valence-corrected chi connectivity index (χ4v) is 3.06. The van der Waals surface area contributed by atoms with Gasteiger partial charge in [0, 0.05) is 5.41 Å². The summed E-state index contributed by atoms with van der Waals surface area (Å²) in [7, 11) is 0. The molecule has 4 nitrogen and oxygen atoms in total. The van der Waals surface area contributed by atoms with E-state index in [1.807, 2.05) is 11.8 Å². The lowest BCUT2D eigenvalue weighted by Gasteiger charge is -2.34. The lowest BCUT2D eigenvalue weighted by atomic mass is 9.75. The van der Waals surface area contributed by atoms with Gasteiger partial charge in [-0.3, -0.25) is 0 Å². The molecule has 2 rings (SSSR count). The van der Waals surface area contributed by atoms with E-state index >= 15 is 0 Å². The summed E-state index contributed by atoms with van der Waals surface area (Å²) >= 11 is 1.85. The minimum Gasteiger partial charge on any atom is -0.339 e. The highest BCUT2D eigenvalue weighted by Crippen LogP contribution is 2.34. The monoisotopic (exact) mass is 283 g/mol. The van der Waals surface area contributed by atoms with Crippen LogP contribution in [0.15, 0.2) is 4.52 Å². The average Bonchev–Trinajstić information content (AvgIpc) is 2.87. The van der Waals surface area contributed by atoms with Crippen LogP contribution in [0.5, 0.6) is 0 Å². The fourth-order valence-electron chi connectivity index (χ4n) is 2.46. The number of nitrogens with one attached hydrogen (secondary N) is 1. The Bertz CT molecular complexity index is 397. The smallest absolute Gasteiger partial charge is 0.232 e. The first kappa shape index (κ1) is 14.9. The summed E-state index contributed by atoms with van der Waals surface area (Å²) in [6.07, 6.45) is 2.47. The van der Waals surface area contributed by atoms with Gasteiger partial charge in [-0.2, -0.15) is 16.7 Å².